The molecular weight excluding hydrogens is 144 g/mol. The number of hydrogen-bond donors (Lipinski definition) is 0. The first kappa shape index (κ1) is 7.98. The van der Waals surface area contributed by atoms with Crippen molar-refractivity contribution < 1.29 is 14.3 Å². The van der Waals surface area contributed by atoms with E-state index in [0.717, 1.165) is 19.1 Å². The molecule has 0 aliphatic heterocycles. The minimum Gasteiger partial charge on any atom is -0.434 e. The Kier molecular flexibility index (Phi) is 2.41. The molecule has 0 heterocycles. The number of carbonyl (C=O) groups excluding carboxylic acids is 2. The van der Waals surface area contributed by atoms with Crippen LogP contribution in [0.3, 0.4) is 0 Å². The lowest BCUT2D eigenvalue weighted by molar-refractivity contribution is -0.139. The topological polar surface area (TPSA) is 43.4 Å². The van der Waals surface area contributed by atoms with Crippen LogP contribution in [0.15, 0.2) is 12.3 Å². The number of ether oxygens (including phenoxy) is 1. The highest BCUT2D eigenvalue weighted by atomic mass is 16.5. The van der Waals surface area contributed by atoms with Crippen LogP contribution in [0, 0.1) is 5.92 Å². The van der Waals surface area contributed by atoms with E-state index < -0.39 is 0 Å². The Hall–Kier alpha value is -1.12. The van der Waals surface area contributed by atoms with Crippen molar-refractivity contribution in [2.45, 2.75) is 19.8 Å². The van der Waals surface area contributed by atoms with Gasteiger partial charge in [-0.2, -0.15) is 0 Å². The summed E-state index contributed by atoms with van der Waals surface area (Å²) in [6.45, 7) is 1.40. The summed E-state index contributed by atoms with van der Waals surface area (Å²) >= 11 is 0. The lowest BCUT2D eigenvalue weighted by Gasteiger charge is -1.92. The van der Waals surface area contributed by atoms with E-state index in [1.54, 1.807) is 0 Å². The summed E-state index contributed by atoms with van der Waals surface area (Å²) in [7, 11) is 0. The molecule has 0 spiro atoms. The fraction of sp³-hybridized carbons (Fsp3) is 0.500. The number of esters is 1. The molecule has 0 aromatic rings. The quantitative estimate of drug-likeness (QED) is 0.346. The SMILES string of the molecule is CC(=O)/C=C/OC(=O)C1CC1. The average Bonchev–Trinajstić information content (AvgIpc) is 2.66. The maximum absolute atomic E-state index is 10.8. The van der Waals surface area contributed by atoms with E-state index in [1.165, 1.54) is 13.0 Å². The van der Waals surface area contributed by atoms with Gasteiger partial charge in [0.25, 0.3) is 0 Å². The second-order valence-electron chi connectivity index (χ2n) is 2.62. The number of rotatable bonds is 3. The van der Waals surface area contributed by atoms with E-state index in [0.29, 0.717) is 0 Å². The second kappa shape index (κ2) is 3.32. The van der Waals surface area contributed by atoms with Gasteiger partial charge in [0.05, 0.1) is 12.2 Å². The summed E-state index contributed by atoms with van der Waals surface area (Å²) in [6, 6.07) is 0. The van der Waals surface area contributed by atoms with Gasteiger partial charge in [-0.25, -0.2) is 0 Å². The van der Waals surface area contributed by atoms with Crippen molar-refractivity contribution in [2.24, 2.45) is 5.92 Å². The zero-order chi connectivity index (χ0) is 8.27. The van der Waals surface area contributed by atoms with Crippen LogP contribution in [0.2, 0.25) is 0 Å². The van der Waals surface area contributed by atoms with Crippen LogP contribution in [0.1, 0.15) is 19.8 Å². The van der Waals surface area contributed by atoms with Crippen LogP contribution in [0.25, 0.3) is 0 Å². The standard InChI is InChI=1S/C8H10O3/c1-6(9)4-5-11-8(10)7-2-3-7/h4-5,7H,2-3H2,1H3/b5-4+. The van der Waals surface area contributed by atoms with Crippen molar-refractivity contribution in [1.29, 1.82) is 0 Å². The Morgan fingerprint density at radius 1 is 1.45 bits per heavy atom. The molecule has 0 atom stereocenters. The van der Waals surface area contributed by atoms with Gasteiger partial charge in [0, 0.05) is 6.08 Å². The molecule has 0 bridgehead atoms. The maximum Gasteiger partial charge on any atom is 0.313 e. The van der Waals surface area contributed by atoms with E-state index in [1.807, 2.05) is 0 Å². The summed E-state index contributed by atoms with van der Waals surface area (Å²) in [4.78, 5) is 21.1. The van der Waals surface area contributed by atoms with Crippen molar-refractivity contribution in [3.63, 3.8) is 0 Å². The lowest BCUT2D eigenvalue weighted by atomic mass is 10.4. The molecule has 0 radical (unpaired) electrons. The number of carbonyl (C=O) groups is 2. The molecule has 1 rings (SSSR count). The van der Waals surface area contributed by atoms with E-state index in [-0.39, 0.29) is 17.7 Å². The van der Waals surface area contributed by atoms with Gasteiger partial charge in [-0.3, -0.25) is 9.59 Å². The summed E-state index contributed by atoms with van der Waals surface area (Å²) < 4.78 is 4.64. The van der Waals surface area contributed by atoms with E-state index in [2.05, 4.69) is 4.74 Å². The van der Waals surface area contributed by atoms with Crippen LogP contribution < -0.4 is 0 Å². The van der Waals surface area contributed by atoms with E-state index in [9.17, 15) is 9.59 Å². The fourth-order valence-electron chi connectivity index (χ4n) is 0.612. The monoisotopic (exact) mass is 154 g/mol. The first-order chi connectivity index (χ1) is 5.20. The van der Waals surface area contributed by atoms with Crippen molar-refractivity contribution >= 4 is 11.8 Å². The number of ketones is 1. The second-order valence-corrected chi connectivity index (χ2v) is 2.62. The molecule has 0 amide bonds. The van der Waals surface area contributed by atoms with Gasteiger partial charge in [0.1, 0.15) is 0 Å². The Balaban J connectivity index is 2.20. The normalized spacial score (nSPS) is 16.8. The zero-order valence-corrected chi connectivity index (χ0v) is 6.37. The summed E-state index contributed by atoms with van der Waals surface area (Å²) in [5.74, 6) is -0.247. The van der Waals surface area contributed by atoms with Crippen molar-refractivity contribution in [1.82, 2.24) is 0 Å². The van der Waals surface area contributed by atoms with Gasteiger partial charge in [0.2, 0.25) is 0 Å². The zero-order valence-electron chi connectivity index (χ0n) is 6.37. The Morgan fingerprint density at radius 2 is 2.09 bits per heavy atom. The molecule has 1 aliphatic rings. The predicted molar refractivity (Wildman–Crippen MR) is 38.6 cm³/mol. The Labute approximate surface area is 65.0 Å². The molecule has 0 saturated heterocycles. The third-order valence-corrected chi connectivity index (χ3v) is 1.40. The molecule has 1 fully saturated rings. The molecule has 60 valence electrons. The number of allylic oxidation sites excluding steroid dienone is 1. The largest absolute Gasteiger partial charge is 0.434 e. The summed E-state index contributed by atoms with van der Waals surface area (Å²) in [5.41, 5.74) is 0. The van der Waals surface area contributed by atoms with Crippen molar-refractivity contribution in [3.8, 4) is 0 Å². The van der Waals surface area contributed by atoms with Crippen LogP contribution in [-0.4, -0.2) is 11.8 Å². The molecule has 0 unspecified atom stereocenters. The molecule has 1 saturated carbocycles. The first-order valence-electron chi connectivity index (χ1n) is 3.58. The first-order valence-corrected chi connectivity index (χ1v) is 3.58. The molecule has 1 aliphatic carbocycles. The van der Waals surface area contributed by atoms with E-state index in [4.69, 9.17) is 0 Å². The predicted octanol–water partition coefficient (Wildman–Crippen LogP) is 1.04. The molecular formula is C8H10O3. The van der Waals surface area contributed by atoms with Crippen LogP contribution >= 0.6 is 0 Å². The third-order valence-electron chi connectivity index (χ3n) is 1.40. The van der Waals surface area contributed by atoms with Crippen molar-refractivity contribution in [3.05, 3.63) is 12.3 Å². The molecule has 0 aromatic heterocycles. The Bertz CT molecular complexity index is 201. The highest BCUT2D eigenvalue weighted by Crippen LogP contribution is 2.29. The van der Waals surface area contributed by atoms with Gasteiger partial charge in [-0.05, 0) is 19.8 Å². The van der Waals surface area contributed by atoms with Crippen molar-refractivity contribution in [2.75, 3.05) is 0 Å². The average molecular weight is 154 g/mol. The summed E-state index contributed by atoms with van der Waals surface area (Å²) in [5, 5.41) is 0. The molecule has 11 heavy (non-hydrogen) atoms. The van der Waals surface area contributed by atoms with Crippen LogP contribution in [0.5, 0.6) is 0 Å². The van der Waals surface area contributed by atoms with E-state index >= 15 is 0 Å². The van der Waals surface area contributed by atoms with Gasteiger partial charge in [-0.15, -0.1) is 0 Å². The summed E-state index contributed by atoms with van der Waals surface area (Å²) in [6.07, 6.45) is 4.24. The smallest absolute Gasteiger partial charge is 0.313 e. The molecule has 0 N–H and O–H groups in total. The van der Waals surface area contributed by atoms with Gasteiger partial charge in [0.15, 0.2) is 5.78 Å². The van der Waals surface area contributed by atoms with Gasteiger partial charge >= 0.3 is 5.97 Å². The minimum absolute atomic E-state index is 0.0895. The fourth-order valence-corrected chi connectivity index (χ4v) is 0.612. The molecule has 3 nitrogen and oxygen atoms in total. The minimum atomic E-state index is -0.220. The van der Waals surface area contributed by atoms with Crippen LogP contribution in [0.4, 0.5) is 0 Å². The van der Waals surface area contributed by atoms with Gasteiger partial charge in [-0.1, -0.05) is 0 Å². The third kappa shape index (κ3) is 2.98. The highest BCUT2D eigenvalue weighted by Gasteiger charge is 2.30. The Morgan fingerprint density at radius 3 is 2.55 bits per heavy atom. The maximum atomic E-state index is 10.8. The van der Waals surface area contributed by atoms with Gasteiger partial charge < -0.3 is 4.74 Å². The van der Waals surface area contributed by atoms with Crippen LogP contribution in [-0.2, 0) is 14.3 Å². The molecule has 3 heteroatoms. The molecule has 0 aromatic carbocycles. The number of hydrogen-bond acceptors (Lipinski definition) is 3. The highest BCUT2D eigenvalue weighted by molar-refractivity contribution is 5.87. The lowest BCUT2D eigenvalue weighted by Crippen LogP contribution is -2.01.